The van der Waals surface area contributed by atoms with E-state index in [1.54, 1.807) is 25.4 Å². The van der Waals surface area contributed by atoms with Gasteiger partial charge in [0.05, 0.1) is 6.54 Å². The van der Waals surface area contributed by atoms with Gasteiger partial charge in [0.25, 0.3) is 11.8 Å². The van der Waals surface area contributed by atoms with Gasteiger partial charge in [0.2, 0.25) is 5.95 Å². The summed E-state index contributed by atoms with van der Waals surface area (Å²) in [5.41, 5.74) is 2.50. The average Bonchev–Trinajstić information content (AvgIpc) is 3.03. The molecule has 0 aliphatic carbocycles. The van der Waals surface area contributed by atoms with Crippen LogP contribution in [0.5, 0.6) is 0 Å². The molecule has 32 heavy (non-hydrogen) atoms. The zero-order valence-corrected chi connectivity index (χ0v) is 18.0. The van der Waals surface area contributed by atoms with Crippen molar-refractivity contribution in [1.29, 1.82) is 0 Å². The minimum atomic E-state index is -1.05. The molecule has 10 nitrogen and oxygen atoms in total. The molecule has 168 valence electrons. The van der Waals surface area contributed by atoms with Crippen molar-refractivity contribution in [2.45, 2.75) is 25.3 Å². The summed E-state index contributed by atoms with van der Waals surface area (Å²) in [4.78, 5) is 50.3. The summed E-state index contributed by atoms with van der Waals surface area (Å²) in [6.07, 6.45) is 4.49. The lowest BCUT2D eigenvalue weighted by Gasteiger charge is -2.34. The second-order valence-corrected chi connectivity index (χ2v) is 8.24. The fourth-order valence-corrected chi connectivity index (χ4v) is 3.92. The molecule has 4 amide bonds. The second kappa shape index (κ2) is 9.31. The van der Waals surface area contributed by atoms with Crippen LogP contribution in [0.2, 0.25) is 0 Å². The highest BCUT2D eigenvalue weighted by Crippen LogP contribution is 2.22. The predicted octanol–water partition coefficient (Wildman–Crippen LogP) is 0.573. The lowest BCUT2D eigenvalue weighted by Crippen LogP contribution is -2.54. The number of urea groups is 1. The Morgan fingerprint density at radius 3 is 2.44 bits per heavy atom. The molecule has 2 saturated heterocycles. The number of anilines is 1. The number of aryl methyl sites for hydroxylation is 1. The summed E-state index contributed by atoms with van der Waals surface area (Å²) in [5, 5.41) is 3.53. The van der Waals surface area contributed by atoms with E-state index < -0.39 is 23.4 Å². The van der Waals surface area contributed by atoms with E-state index in [0.717, 1.165) is 10.6 Å². The van der Waals surface area contributed by atoms with Gasteiger partial charge < -0.3 is 10.2 Å². The average molecular weight is 438 g/mol. The van der Waals surface area contributed by atoms with Crippen LogP contribution < -0.4 is 15.6 Å². The molecule has 2 aromatic rings. The highest BCUT2D eigenvalue weighted by molar-refractivity contribution is 6.07. The Balaban J connectivity index is 1.27. The van der Waals surface area contributed by atoms with E-state index >= 15 is 0 Å². The number of piperazine rings is 1. The monoisotopic (exact) mass is 437 g/mol. The van der Waals surface area contributed by atoms with Crippen LogP contribution in [0.1, 0.15) is 18.9 Å². The first-order valence-electron chi connectivity index (χ1n) is 10.7. The molecule has 4 rings (SSSR count). The molecule has 2 fully saturated rings. The molecule has 0 unspecified atom stereocenters. The molecule has 0 radical (unpaired) electrons. The lowest BCUT2D eigenvalue weighted by molar-refractivity contribution is -0.139. The van der Waals surface area contributed by atoms with Crippen LogP contribution in [0.15, 0.2) is 48.8 Å². The Bertz CT molecular complexity index is 964. The SMILES string of the molecule is C[C@]1(CCc2ccccc2)NC(=O)N(NC(=O)CN2CCN(c3ncccn3)CC2)C1=O. The largest absolute Gasteiger partial charge is 0.344 e. The van der Waals surface area contributed by atoms with Crippen LogP contribution in [0.3, 0.4) is 0 Å². The van der Waals surface area contributed by atoms with Gasteiger partial charge in [-0.1, -0.05) is 30.3 Å². The third-order valence-corrected chi connectivity index (χ3v) is 5.83. The third-order valence-electron chi connectivity index (χ3n) is 5.83. The molecule has 2 aliphatic heterocycles. The first kappa shape index (κ1) is 21.7. The number of hydrazine groups is 1. The number of carbonyl (C=O) groups is 3. The number of benzene rings is 1. The fraction of sp³-hybridized carbons (Fsp3) is 0.409. The summed E-state index contributed by atoms with van der Waals surface area (Å²) < 4.78 is 0. The minimum Gasteiger partial charge on any atom is -0.338 e. The van der Waals surface area contributed by atoms with E-state index in [4.69, 9.17) is 0 Å². The van der Waals surface area contributed by atoms with Crippen LogP contribution in [-0.2, 0) is 16.0 Å². The molecule has 0 saturated carbocycles. The van der Waals surface area contributed by atoms with Crippen molar-refractivity contribution in [2.24, 2.45) is 0 Å². The topological polar surface area (TPSA) is 111 Å². The van der Waals surface area contributed by atoms with Gasteiger partial charge in [0, 0.05) is 38.6 Å². The maximum atomic E-state index is 12.9. The zero-order chi connectivity index (χ0) is 22.6. The summed E-state index contributed by atoms with van der Waals surface area (Å²) in [7, 11) is 0. The van der Waals surface area contributed by atoms with Gasteiger partial charge in [-0.05, 0) is 31.4 Å². The van der Waals surface area contributed by atoms with Crippen molar-refractivity contribution < 1.29 is 14.4 Å². The molecule has 10 heteroatoms. The first-order chi connectivity index (χ1) is 15.4. The number of hydrogen-bond donors (Lipinski definition) is 2. The number of imide groups is 1. The normalized spacial score (nSPS) is 21.5. The highest BCUT2D eigenvalue weighted by atomic mass is 16.2. The Kier molecular flexibility index (Phi) is 6.31. The molecule has 1 aromatic carbocycles. The van der Waals surface area contributed by atoms with E-state index in [2.05, 4.69) is 25.6 Å². The van der Waals surface area contributed by atoms with Crippen LogP contribution in [0.4, 0.5) is 10.7 Å². The van der Waals surface area contributed by atoms with Crippen molar-refractivity contribution in [1.82, 2.24) is 30.6 Å². The van der Waals surface area contributed by atoms with E-state index in [1.807, 2.05) is 35.2 Å². The second-order valence-electron chi connectivity index (χ2n) is 8.24. The van der Waals surface area contributed by atoms with Crippen LogP contribution in [0.25, 0.3) is 0 Å². The number of amides is 4. The maximum Gasteiger partial charge on any atom is 0.344 e. The third kappa shape index (κ3) is 4.86. The lowest BCUT2D eigenvalue weighted by atomic mass is 9.93. The first-order valence-corrected chi connectivity index (χ1v) is 10.7. The van der Waals surface area contributed by atoms with Crippen molar-refractivity contribution in [3.05, 3.63) is 54.4 Å². The van der Waals surface area contributed by atoms with Crippen molar-refractivity contribution in [2.75, 3.05) is 37.6 Å². The Labute approximate surface area is 186 Å². The molecule has 2 aliphatic rings. The van der Waals surface area contributed by atoms with E-state index in [9.17, 15) is 14.4 Å². The van der Waals surface area contributed by atoms with Gasteiger partial charge in [0.1, 0.15) is 5.54 Å². The van der Waals surface area contributed by atoms with Crippen molar-refractivity contribution in [3.8, 4) is 0 Å². The number of rotatable bonds is 7. The molecule has 3 heterocycles. The number of aromatic nitrogens is 2. The predicted molar refractivity (Wildman–Crippen MR) is 117 cm³/mol. The summed E-state index contributed by atoms with van der Waals surface area (Å²) in [6.45, 7) is 4.48. The summed E-state index contributed by atoms with van der Waals surface area (Å²) in [6, 6.07) is 10.9. The zero-order valence-electron chi connectivity index (χ0n) is 18.0. The van der Waals surface area contributed by atoms with E-state index in [-0.39, 0.29) is 6.54 Å². The Morgan fingerprint density at radius 1 is 1.06 bits per heavy atom. The molecular weight excluding hydrogens is 410 g/mol. The van der Waals surface area contributed by atoms with Gasteiger partial charge in [-0.15, -0.1) is 0 Å². The summed E-state index contributed by atoms with van der Waals surface area (Å²) >= 11 is 0. The Hall–Kier alpha value is -3.53. The quantitative estimate of drug-likeness (QED) is 0.610. The van der Waals surface area contributed by atoms with Gasteiger partial charge >= 0.3 is 6.03 Å². The number of carbonyl (C=O) groups excluding carboxylic acids is 3. The van der Waals surface area contributed by atoms with Gasteiger partial charge in [-0.2, -0.15) is 5.01 Å². The number of hydrogen-bond acceptors (Lipinski definition) is 7. The molecule has 2 N–H and O–H groups in total. The molecule has 0 bridgehead atoms. The maximum absolute atomic E-state index is 12.9. The van der Waals surface area contributed by atoms with Crippen molar-refractivity contribution in [3.63, 3.8) is 0 Å². The number of nitrogens with zero attached hydrogens (tertiary/aromatic N) is 5. The summed E-state index contributed by atoms with van der Waals surface area (Å²) in [5.74, 6) is -0.172. The molecular formula is C22H27N7O3. The number of nitrogens with one attached hydrogen (secondary N) is 2. The fourth-order valence-electron chi connectivity index (χ4n) is 3.92. The van der Waals surface area contributed by atoms with E-state index in [1.165, 1.54) is 0 Å². The van der Waals surface area contributed by atoms with Gasteiger partial charge in [-0.3, -0.25) is 19.9 Å². The van der Waals surface area contributed by atoms with Gasteiger partial charge in [-0.25, -0.2) is 14.8 Å². The standard InChI is InChI=1S/C22H27N7O3/c1-22(9-8-17-6-3-2-4-7-17)19(31)29(21(32)25-22)26-18(30)16-27-12-14-28(15-13-27)20-23-10-5-11-24-20/h2-7,10-11H,8-9,12-16H2,1H3,(H,25,32)(H,26,30)/t22-/m1/s1. The molecule has 1 aromatic heterocycles. The smallest absolute Gasteiger partial charge is 0.338 e. The van der Waals surface area contributed by atoms with E-state index in [0.29, 0.717) is 45.0 Å². The van der Waals surface area contributed by atoms with Crippen molar-refractivity contribution >= 4 is 23.8 Å². The minimum absolute atomic E-state index is 0.0985. The van der Waals surface area contributed by atoms with Crippen LogP contribution in [-0.4, -0.2) is 76.0 Å². The molecule has 0 spiro atoms. The Morgan fingerprint density at radius 2 is 1.75 bits per heavy atom. The van der Waals surface area contributed by atoms with Crippen LogP contribution >= 0.6 is 0 Å². The highest BCUT2D eigenvalue weighted by Gasteiger charge is 2.48. The van der Waals surface area contributed by atoms with Crippen LogP contribution in [0, 0.1) is 0 Å². The molecule has 1 atom stereocenters. The van der Waals surface area contributed by atoms with Gasteiger partial charge in [0.15, 0.2) is 0 Å².